The number of benzene rings is 1. The number of carbonyl (C=O) groups is 1. The van der Waals surface area contributed by atoms with Crippen molar-refractivity contribution in [3.05, 3.63) is 29.6 Å². The first-order valence-corrected chi connectivity index (χ1v) is 5.05. The highest BCUT2D eigenvalue weighted by atomic mass is 19.1. The topological polar surface area (TPSA) is 61.4 Å². The lowest BCUT2D eigenvalue weighted by molar-refractivity contribution is 0.254. The molecule has 0 bridgehead atoms. The number of nitrogens with one attached hydrogen (secondary N) is 2. The van der Waals surface area contributed by atoms with Gasteiger partial charge in [-0.2, -0.15) is 0 Å². The number of carbonyl (C=O) groups excluding carboxylic acids is 1. The molecular weight excluding hydrogens is 223 g/mol. The van der Waals surface area contributed by atoms with Gasteiger partial charge in [0.25, 0.3) is 0 Å². The fourth-order valence-electron chi connectivity index (χ4n) is 1.10. The maximum atomic E-state index is 13.5. The normalized spacial score (nSPS) is 9.12. The fourth-order valence-corrected chi connectivity index (χ4v) is 1.10. The SMILES string of the molecule is CNC(=O)Nc1ccc(C#CCCO)cc1F. The van der Waals surface area contributed by atoms with Gasteiger partial charge in [0.15, 0.2) is 0 Å². The second-order valence-corrected chi connectivity index (χ2v) is 3.17. The van der Waals surface area contributed by atoms with Crippen LogP contribution in [0.15, 0.2) is 18.2 Å². The molecule has 0 fully saturated rings. The summed E-state index contributed by atoms with van der Waals surface area (Å²) in [5.41, 5.74) is 0.593. The summed E-state index contributed by atoms with van der Waals surface area (Å²) in [6, 6.07) is 3.78. The van der Waals surface area contributed by atoms with E-state index in [0.717, 1.165) is 0 Å². The van der Waals surface area contributed by atoms with Gasteiger partial charge in [-0.05, 0) is 18.2 Å². The summed E-state index contributed by atoms with van der Waals surface area (Å²) >= 11 is 0. The van der Waals surface area contributed by atoms with E-state index in [1.54, 1.807) is 6.07 Å². The zero-order chi connectivity index (χ0) is 12.7. The first-order valence-electron chi connectivity index (χ1n) is 5.05. The summed E-state index contributed by atoms with van der Waals surface area (Å²) in [5.74, 6) is 4.83. The van der Waals surface area contributed by atoms with Gasteiger partial charge >= 0.3 is 6.03 Å². The lowest BCUT2D eigenvalue weighted by Crippen LogP contribution is -2.24. The molecule has 4 nitrogen and oxygen atoms in total. The number of aliphatic hydroxyl groups is 1. The van der Waals surface area contributed by atoms with E-state index in [-0.39, 0.29) is 12.3 Å². The van der Waals surface area contributed by atoms with Gasteiger partial charge in [-0.3, -0.25) is 0 Å². The number of hydrogen-bond acceptors (Lipinski definition) is 2. The van der Waals surface area contributed by atoms with Gasteiger partial charge in [-0.15, -0.1) is 0 Å². The molecule has 5 heteroatoms. The Hall–Kier alpha value is -2.06. The largest absolute Gasteiger partial charge is 0.395 e. The summed E-state index contributed by atoms with van der Waals surface area (Å²) < 4.78 is 13.5. The van der Waals surface area contributed by atoms with Crippen LogP contribution in [0, 0.1) is 17.7 Å². The molecule has 0 unspecified atom stereocenters. The Balaban J connectivity index is 2.80. The molecule has 0 aliphatic carbocycles. The number of rotatable bonds is 2. The van der Waals surface area contributed by atoms with Gasteiger partial charge in [0.1, 0.15) is 5.82 Å². The van der Waals surface area contributed by atoms with Crippen LogP contribution in [0.2, 0.25) is 0 Å². The highest BCUT2D eigenvalue weighted by molar-refractivity contribution is 5.89. The molecular formula is C12H13FN2O2. The van der Waals surface area contributed by atoms with E-state index < -0.39 is 11.8 Å². The van der Waals surface area contributed by atoms with Gasteiger partial charge in [-0.1, -0.05) is 11.8 Å². The first-order chi connectivity index (χ1) is 8.17. The third kappa shape index (κ3) is 4.13. The van der Waals surface area contributed by atoms with Gasteiger partial charge in [0.05, 0.1) is 12.3 Å². The average molecular weight is 236 g/mol. The summed E-state index contributed by atoms with van der Waals surface area (Å²) in [7, 11) is 1.45. The quantitative estimate of drug-likeness (QED) is 0.678. The van der Waals surface area contributed by atoms with Crippen LogP contribution < -0.4 is 10.6 Å². The molecule has 17 heavy (non-hydrogen) atoms. The van der Waals surface area contributed by atoms with E-state index >= 15 is 0 Å². The molecule has 0 spiro atoms. The third-order valence-electron chi connectivity index (χ3n) is 1.91. The molecule has 90 valence electrons. The lowest BCUT2D eigenvalue weighted by Gasteiger charge is -2.05. The predicted octanol–water partition coefficient (Wildman–Crippen LogP) is 1.31. The predicted molar refractivity (Wildman–Crippen MR) is 63.1 cm³/mol. The van der Waals surface area contributed by atoms with Crippen molar-refractivity contribution in [3.63, 3.8) is 0 Å². The minimum absolute atomic E-state index is 0.0220. The van der Waals surface area contributed by atoms with Crippen molar-refractivity contribution in [1.29, 1.82) is 0 Å². The summed E-state index contributed by atoms with van der Waals surface area (Å²) in [5, 5.41) is 13.2. The van der Waals surface area contributed by atoms with Crippen LogP contribution in [-0.4, -0.2) is 24.8 Å². The fraction of sp³-hybridized carbons (Fsp3) is 0.250. The molecule has 0 aliphatic heterocycles. The van der Waals surface area contributed by atoms with Crippen LogP contribution in [0.4, 0.5) is 14.9 Å². The van der Waals surface area contributed by atoms with Crippen molar-refractivity contribution < 1.29 is 14.3 Å². The van der Waals surface area contributed by atoms with E-state index in [0.29, 0.717) is 12.0 Å². The van der Waals surface area contributed by atoms with Crippen molar-refractivity contribution in [1.82, 2.24) is 5.32 Å². The molecule has 3 N–H and O–H groups in total. The molecule has 0 heterocycles. The van der Waals surface area contributed by atoms with Crippen LogP contribution in [-0.2, 0) is 0 Å². The molecule has 1 aromatic rings. The summed E-state index contributed by atoms with van der Waals surface area (Å²) in [6.45, 7) is -0.0220. The van der Waals surface area contributed by atoms with Crippen molar-refractivity contribution >= 4 is 11.7 Å². The smallest absolute Gasteiger partial charge is 0.319 e. The molecule has 0 radical (unpaired) electrons. The Morgan fingerprint density at radius 3 is 2.88 bits per heavy atom. The van der Waals surface area contributed by atoms with Crippen molar-refractivity contribution in [2.75, 3.05) is 19.0 Å². The minimum Gasteiger partial charge on any atom is -0.395 e. The Morgan fingerprint density at radius 1 is 1.53 bits per heavy atom. The van der Waals surface area contributed by atoms with Gasteiger partial charge in [0, 0.05) is 19.0 Å². The Labute approximate surface area is 98.8 Å². The van der Waals surface area contributed by atoms with E-state index in [1.165, 1.54) is 19.2 Å². The number of halogens is 1. The number of hydrogen-bond donors (Lipinski definition) is 3. The molecule has 1 rings (SSSR count). The number of anilines is 1. The van der Waals surface area contributed by atoms with Crippen LogP contribution in [0.25, 0.3) is 0 Å². The van der Waals surface area contributed by atoms with E-state index in [4.69, 9.17) is 5.11 Å². The first kappa shape index (κ1) is 13.0. The standard InChI is InChI=1S/C12H13FN2O2/c1-14-12(17)15-11-6-5-9(8-10(11)13)4-2-3-7-16/h5-6,8,16H,3,7H2,1H3,(H2,14,15,17). The molecule has 0 saturated heterocycles. The third-order valence-corrected chi connectivity index (χ3v) is 1.91. The average Bonchev–Trinajstić information content (AvgIpc) is 2.32. The number of amides is 2. The van der Waals surface area contributed by atoms with Crippen LogP contribution in [0.5, 0.6) is 0 Å². The van der Waals surface area contributed by atoms with Crippen LogP contribution >= 0.6 is 0 Å². The molecule has 0 aliphatic rings. The van der Waals surface area contributed by atoms with Gasteiger partial charge < -0.3 is 15.7 Å². The Bertz CT molecular complexity index is 463. The lowest BCUT2D eigenvalue weighted by atomic mass is 10.2. The van der Waals surface area contributed by atoms with Crippen molar-refractivity contribution in [3.8, 4) is 11.8 Å². The zero-order valence-corrected chi connectivity index (χ0v) is 9.38. The number of aliphatic hydroxyl groups excluding tert-OH is 1. The van der Waals surface area contributed by atoms with E-state index in [9.17, 15) is 9.18 Å². The summed E-state index contributed by atoms with van der Waals surface area (Å²) in [4.78, 5) is 11.0. The zero-order valence-electron chi connectivity index (χ0n) is 9.38. The Morgan fingerprint density at radius 2 is 2.29 bits per heavy atom. The van der Waals surface area contributed by atoms with Crippen LogP contribution in [0.3, 0.4) is 0 Å². The maximum Gasteiger partial charge on any atom is 0.319 e. The van der Waals surface area contributed by atoms with Gasteiger partial charge in [-0.25, -0.2) is 9.18 Å². The molecule has 0 aromatic heterocycles. The van der Waals surface area contributed by atoms with Crippen molar-refractivity contribution in [2.24, 2.45) is 0 Å². The monoisotopic (exact) mass is 236 g/mol. The summed E-state index contributed by atoms with van der Waals surface area (Å²) in [6.07, 6.45) is 0.347. The minimum atomic E-state index is -0.551. The number of urea groups is 1. The van der Waals surface area contributed by atoms with Crippen molar-refractivity contribution in [2.45, 2.75) is 6.42 Å². The molecule has 1 aromatic carbocycles. The van der Waals surface area contributed by atoms with Crippen LogP contribution in [0.1, 0.15) is 12.0 Å². The molecule has 0 saturated carbocycles. The van der Waals surface area contributed by atoms with E-state index in [2.05, 4.69) is 22.5 Å². The maximum absolute atomic E-state index is 13.5. The Kier molecular flexibility index (Phi) is 4.98. The van der Waals surface area contributed by atoms with Gasteiger partial charge in [0.2, 0.25) is 0 Å². The highest BCUT2D eigenvalue weighted by Crippen LogP contribution is 2.15. The second kappa shape index (κ2) is 6.51. The highest BCUT2D eigenvalue weighted by Gasteiger charge is 2.05. The second-order valence-electron chi connectivity index (χ2n) is 3.17. The van der Waals surface area contributed by atoms with E-state index in [1.807, 2.05) is 0 Å². The molecule has 2 amide bonds. The molecule has 0 atom stereocenters.